The smallest absolute Gasteiger partial charge is 0.225 e. The lowest BCUT2D eigenvalue weighted by atomic mass is 9.95. The molecule has 96 valence electrons. The molecule has 4 nitrogen and oxygen atoms in total. The van der Waals surface area contributed by atoms with Crippen LogP contribution in [-0.4, -0.2) is 29.4 Å². The molecule has 0 aromatic carbocycles. The molecule has 0 radical (unpaired) electrons. The van der Waals surface area contributed by atoms with Gasteiger partial charge in [-0.05, 0) is 25.2 Å². The Morgan fingerprint density at radius 2 is 2.35 bits per heavy atom. The highest BCUT2D eigenvalue weighted by atomic mass is 16.2. The van der Waals surface area contributed by atoms with E-state index in [0.29, 0.717) is 18.9 Å². The SMILES string of the molecule is CCCC(C)C(N)CC(=O)N1CCC[C@H]1C#N. The van der Waals surface area contributed by atoms with Gasteiger partial charge in [-0.2, -0.15) is 5.26 Å². The maximum Gasteiger partial charge on any atom is 0.225 e. The minimum absolute atomic E-state index is 0.0458. The summed E-state index contributed by atoms with van der Waals surface area (Å²) < 4.78 is 0. The Kier molecular flexibility index (Phi) is 5.43. The summed E-state index contributed by atoms with van der Waals surface area (Å²) in [5, 5.41) is 8.94. The Bertz CT molecular complexity index is 298. The number of nitrogens with zero attached hydrogens (tertiary/aromatic N) is 2. The van der Waals surface area contributed by atoms with Gasteiger partial charge in [0.1, 0.15) is 6.04 Å². The summed E-state index contributed by atoms with van der Waals surface area (Å²) in [7, 11) is 0. The minimum atomic E-state index is -0.226. The Hall–Kier alpha value is -1.08. The molecule has 0 spiro atoms. The molecular weight excluding hydrogens is 214 g/mol. The zero-order valence-corrected chi connectivity index (χ0v) is 10.9. The second-order valence-corrected chi connectivity index (χ2v) is 5.01. The van der Waals surface area contributed by atoms with E-state index in [4.69, 9.17) is 11.0 Å². The highest BCUT2D eigenvalue weighted by molar-refractivity contribution is 5.77. The van der Waals surface area contributed by atoms with Crippen molar-refractivity contribution >= 4 is 5.91 Å². The molecule has 1 aliphatic heterocycles. The van der Waals surface area contributed by atoms with Gasteiger partial charge < -0.3 is 10.6 Å². The van der Waals surface area contributed by atoms with E-state index in [1.165, 1.54) is 0 Å². The van der Waals surface area contributed by atoms with E-state index in [1.807, 2.05) is 0 Å². The van der Waals surface area contributed by atoms with E-state index in [1.54, 1.807) is 4.90 Å². The molecule has 3 atom stereocenters. The number of nitriles is 1. The van der Waals surface area contributed by atoms with Gasteiger partial charge in [0.2, 0.25) is 5.91 Å². The topological polar surface area (TPSA) is 70.1 Å². The fourth-order valence-corrected chi connectivity index (χ4v) is 2.39. The number of carbonyl (C=O) groups excluding carboxylic acids is 1. The number of carbonyl (C=O) groups is 1. The number of likely N-dealkylation sites (tertiary alicyclic amines) is 1. The number of hydrogen-bond acceptors (Lipinski definition) is 3. The molecule has 4 heteroatoms. The van der Waals surface area contributed by atoms with Gasteiger partial charge in [0, 0.05) is 19.0 Å². The van der Waals surface area contributed by atoms with Crippen LogP contribution in [0.2, 0.25) is 0 Å². The number of amides is 1. The lowest BCUT2D eigenvalue weighted by molar-refractivity contribution is -0.131. The van der Waals surface area contributed by atoms with Crippen molar-refractivity contribution in [3.05, 3.63) is 0 Å². The van der Waals surface area contributed by atoms with Crippen molar-refractivity contribution in [1.82, 2.24) is 4.90 Å². The van der Waals surface area contributed by atoms with Crippen molar-refractivity contribution in [2.24, 2.45) is 11.7 Å². The summed E-state index contributed by atoms with van der Waals surface area (Å²) in [6.07, 6.45) is 4.26. The second-order valence-electron chi connectivity index (χ2n) is 5.01. The summed E-state index contributed by atoms with van der Waals surface area (Å²) in [4.78, 5) is 13.7. The quantitative estimate of drug-likeness (QED) is 0.790. The van der Waals surface area contributed by atoms with Crippen LogP contribution in [0.1, 0.15) is 46.0 Å². The molecule has 1 saturated heterocycles. The molecule has 1 fully saturated rings. The van der Waals surface area contributed by atoms with Crippen LogP contribution in [0, 0.1) is 17.2 Å². The maximum atomic E-state index is 12.0. The molecule has 2 N–H and O–H groups in total. The monoisotopic (exact) mass is 237 g/mol. The van der Waals surface area contributed by atoms with Crippen LogP contribution in [-0.2, 0) is 4.79 Å². The molecule has 1 heterocycles. The van der Waals surface area contributed by atoms with Crippen LogP contribution in [0.4, 0.5) is 0 Å². The van der Waals surface area contributed by atoms with E-state index in [2.05, 4.69) is 19.9 Å². The normalized spacial score (nSPS) is 23.2. The van der Waals surface area contributed by atoms with E-state index >= 15 is 0 Å². The van der Waals surface area contributed by atoms with E-state index in [9.17, 15) is 4.79 Å². The van der Waals surface area contributed by atoms with Crippen LogP contribution in [0.5, 0.6) is 0 Å². The third-order valence-electron chi connectivity index (χ3n) is 3.61. The summed E-state index contributed by atoms with van der Waals surface area (Å²) in [5.74, 6) is 0.414. The van der Waals surface area contributed by atoms with Crippen LogP contribution in [0.25, 0.3) is 0 Å². The van der Waals surface area contributed by atoms with Crippen LogP contribution >= 0.6 is 0 Å². The Labute approximate surface area is 104 Å². The highest BCUT2D eigenvalue weighted by Gasteiger charge is 2.29. The lowest BCUT2D eigenvalue weighted by Gasteiger charge is -2.24. The predicted octanol–water partition coefficient (Wildman–Crippen LogP) is 1.65. The van der Waals surface area contributed by atoms with Crippen molar-refractivity contribution in [2.75, 3.05) is 6.54 Å². The summed E-state index contributed by atoms with van der Waals surface area (Å²) >= 11 is 0. The molecule has 2 unspecified atom stereocenters. The van der Waals surface area contributed by atoms with Crippen molar-refractivity contribution in [2.45, 2.75) is 58.0 Å². The van der Waals surface area contributed by atoms with Crippen LogP contribution in [0.15, 0.2) is 0 Å². The van der Waals surface area contributed by atoms with E-state index in [-0.39, 0.29) is 18.0 Å². The van der Waals surface area contributed by atoms with Gasteiger partial charge in [-0.25, -0.2) is 0 Å². The molecule has 0 bridgehead atoms. The average Bonchev–Trinajstić information content (AvgIpc) is 2.77. The molecule has 0 saturated carbocycles. The van der Waals surface area contributed by atoms with Gasteiger partial charge in [0.15, 0.2) is 0 Å². The molecule has 1 aliphatic rings. The molecule has 0 aromatic rings. The van der Waals surface area contributed by atoms with Crippen LogP contribution < -0.4 is 5.73 Å². The molecule has 0 aliphatic carbocycles. The summed E-state index contributed by atoms with van der Waals surface area (Å²) in [6, 6.07) is 1.88. The minimum Gasteiger partial charge on any atom is -0.327 e. The molecule has 17 heavy (non-hydrogen) atoms. The fourth-order valence-electron chi connectivity index (χ4n) is 2.39. The summed E-state index contributed by atoms with van der Waals surface area (Å²) in [6.45, 7) is 4.93. The fraction of sp³-hybridized carbons (Fsp3) is 0.846. The molecule has 1 rings (SSSR count). The number of nitrogens with two attached hydrogens (primary N) is 1. The maximum absolute atomic E-state index is 12.0. The third-order valence-corrected chi connectivity index (χ3v) is 3.61. The molecule has 1 amide bonds. The number of rotatable bonds is 5. The van der Waals surface area contributed by atoms with Crippen LogP contribution in [0.3, 0.4) is 0 Å². The first-order valence-corrected chi connectivity index (χ1v) is 6.54. The van der Waals surface area contributed by atoms with Crippen molar-refractivity contribution in [3.63, 3.8) is 0 Å². The highest BCUT2D eigenvalue weighted by Crippen LogP contribution is 2.19. The number of hydrogen-bond donors (Lipinski definition) is 1. The standard InChI is InChI=1S/C13H23N3O/c1-3-5-10(2)12(15)8-13(17)16-7-4-6-11(16)9-14/h10-12H,3-8,15H2,1-2H3/t10?,11-,12?/m0/s1. The molecular formula is C13H23N3O. The zero-order valence-electron chi connectivity index (χ0n) is 10.9. The Balaban J connectivity index is 2.46. The Morgan fingerprint density at radius 1 is 1.65 bits per heavy atom. The zero-order chi connectivity index (χ0) is 12.8. The van der Waals surface area contributed by atoms with Crippen molar-refractivity contribution in [1.29, 1.82) is 5.26 Å². The second kappa shape index (κ2) is 6.61. The summed E-state index contributed by atoms with van der Waals surface area (Å²) in [5.41, 5.74) is 6.03. The first-order valence-electron chi connectivity index (χ1n) is 6.54. The first kappa shape index (κ1) is 14.0. The van der Waals surface area contributed by atoms with Gasteiger partial charge in [0.05, 0.1) is 6.07 Å². The van der Waals surface area contributed by atoms with E-state index in [0.717, 1.165) is 25.7 Å². The van der Waals surface area contributed by atoms with Gasteiger partial charge >= 0.3 is 0 Å². The van der Waals surface area contributed by atoms with Crippen molar-refractivity contribution < 1.29 is 4.79 Å². The van der Waals surface area contributed by atoms with Crippen molar-refractivity contribution in [3.8, 4) is 6.07 Å². The first-order chi connectivity index (χ1) is 8.10. The van der Waals surface area contributed by atoms with Gasteiger partial charge in [-0.3, -0.25) is 4.79 Å². The predicted molar refractivity (Wildman–Crippen MR) is 67.0 cm³/mol. The van der Waals surface area contributed by atoms with Gasteiger partial charge in [0.25, 0.3) is 0 Å². The van der Waals surface area contributed by atoms with Gasteiger partial charge in [-0.15, -0.1) is 0 Å². The largest absolute Gasteiger partial charge is 0.327 e. The molecule has 0 aromatic heterocycles. The third kappa shape index (κ3) is 3.71. The Morgan fingerprint density at radius 3 is 2.94 bits per heavy atom. The van der Waals surface area contributed by atoms with E-state index < -0.39 is 0 Å². The average molecular weight is 237 g/mol. The lowest BCUT2D eigenvalue weighted by Crippen LogP contribution is -2.40. The van der Waals surface area contributed by atoms with Gasteiger partial charge in [-0.1, -0.05) is 20.3 Å².